The van der Waals surface area contributed by atoms with Crippen LogP contribution in [0.1, 0.15) is 18.5 Å². The predicted octanol–water partition coefficient (Wildman–Crippen LogP) is 1.12. The first-order valence-corrected chi connectivity index (χ1v) is 3.38. The van der Waals surface area contributed by atoms with Crippen LogP contribution in [0, 0.1) is 0 Å². The molecule has 1 aromatic rings. The van der Waals surface area contributed by atoms with Crippen LogP contribution in [-0.4, -0.2) is 10.2 Å². The summed E-state index contributed by atoms with van der Waals surface area (Å²) in [6.45, 7) is 1.74. The lowest BCUT2D eigenvalue weighted by atomic mass is 10.1. The first-order chi connectivity index (χ1) is 5.11. The van der Waals surface area contributed by atoms with E-state index in [1.807, 2.05) is 0 Å². The molecule has 0 aliphatic carbocycles. The molecule has 0 aromatic heterocycles. The normalized spacial score (nSPS) is 12.9. The van der Waals surface area contributed by atoms with Crippen molar-refractivity contribution in [1.82, 2.24) is 0 Å². The Morgan fingerprint density at radius 3 is 2.45 bits per heavy atom. The van der Waals surface area contributed by atoms with Crippen molar-refractivity contribution in [2.75, 3.05) is 0 Å². The van der Waals surface area contributed by atoms with Crippen LogP contribution in [0.25, 0.3) is 0 Å². The minimum Gasteiger partial charge on any atom is -0.508 e. The highest BCUT2D eigenvalue weighted by Crippen LogP contribution is 2.25. The van der Waals surface area contributed by atoms with Gasteiger partial charge in [-0.1, -0.05) is 0 Å². The fraction of sp³-hybridized carbons (Fsp3) is 0.250. The van der Waals surface area contributed by atoms with E-state index < -0.39 is 0 Å². The van der Waals surface area contributed by atoms with Crippen LogP contribution in [0.15, 0.2) is 18.2 Å². The molecule has 0 radical (unpaired) electrons. The Morgan fingerprint density at radius 2 is 2.00 bits per heavy atom. The first kappa shape index (κ1) is 7.88. The van der Waals surface area contributed by atoms with Crippen LogP contribution >= 0.6 is 0 Å². The summed E-state index contributed by atoms with van der Waals surface area (Å²) in [5.74, 6) is 0.243. The van der Waals surface area contributed by atoms with Crippen molar-refractivity contribution in [2.24, 2.45) is 5.73 Å². The number of nitrogens with two attached hydrogens (primary N) is 1. The molecule has 1 aromatic carbocycles. The van der Waals surface area contributed by atoms with E-state index in [2.05, 4.69) is 0 Å². The standard InChI is InChI=1S/C8H11NO2/c1-5(9)7-4-6(10)2-3-8(7)11/h2-5,10-11H,9H2,1H3. The van der Waals surface area contributed by atoms with E-state index >= 15 is 0 Å². The van der Waals surface area contributed by atoms with Crippen LogP contribution in [0.4, 0.5) is 0 Å². The molecule has 4 N–H and O–H groups in total. The summed E-state index contributed by atoms with van der Waals surface area (Å²) in [7, 11) is 0. The molecule has 1 atom stereocenters. The molecule has 0 amide bonds. The number of rotatable bonds is 1. The van der Waals surface area contributed by atoms with Gasteiger partial charge in [-0.25, -0.2) is 0 Å². The minimum atomic E-state index is -0.262. The Bertz CT molecular complexity index is 258. The second-order valence-corrected chi connectivity index (χ2v) is 2.53. The number of hydrogen-bond donors (Lipinski definition) is 3. The van der Waals surface area contributed by atoms with Crippen molar-refractivity contribution in [3.05, 3.63) is 23.8 Å². The smallest absolute Gasteiger partial charge is 0.120 e. The van der Waals surface area contributed by atoms with Gasteiger partial charge in [0.05, 0.1) is 0 Å². The van der Waals surface area contributed by atoms with Crippen LogP contribution < -0.4 is 5.73 Å². The Labute approximate surface area is 65.1 Å². The second-order valence-electron chi connectivity index (χ2n) is 2.53. The van der Waals surface area contributed by atoms with E-state index in [-0.39, 0.29) is 17.5 Å². The van der Waals surface area contributed by atoms with Gasteiger partial charge in [0.2, 0.25) is 0 Å². The lowest BCUT2D eigenvalue weighted by Gasteiger charge is -2.07. The number of phenols is 2. The zero-order valence-electron chi connectivity index (χ0n) is 6.28. The van der Waals surface area contributed by atoms with Crippen LogP contribution in [0.3, 0.4) is 0 Å². The third-order valence-electron chi connectivity index (χ3n) is 1.50. The zero-order chi connectivity index (χ0) is 8.43. The number of phenolic OH excluding ortho intramolecular Hbond substituents is 2. The van der Waals surface area contributed by atoms with Crippen molar-refractivity contribution >= 4 is 0 Å². The molecule has 3 heteroatoms. The summed E-state index contributed by atoms with van der Waals surface area (Å²) < 4.78 is 0. The van der Waals surface area contributed by atoms with Gasteiger partial charge in [-0.15, -0.1) is 0 Å². The molecule has 60 valence electrons. The molecule has 0 fully saturated rings. The Balaban J connectivity index is 3.13. The zero-order valence-corrected chi connectivity index (χ0v) is 6.28. The van der Waals surface area contributed by atoms with E-state index in [9.17, 15) is 5.11 Å². The van der Waals surface area contributed by atoms with Gasteiger partial charge in [-0.05, 0) is 25.1 Å². The summed E-state index contributed by atoms with van der Waals surface area (Å²) in [6, 6.07) is 4.04. The summed E-state index contributed by atoms with van der Waals surface area (Å²) in [4.78, 5) is 0. The van der Waals surface area contributed by atoms with Crippen molar-refractivity contribution in [2.45, 2.75) is 13.0 Å². The second kappa shape index (κ2) is 2.80. The number of hydrogen-bond acceptors (Lipinski definition) is 3. The van der Waals surface area contributed by atoms with Crippen molar-refractivity contribution in [3.8, 4) is 11.5 Å². The van der Waals surface area contributed by atoms with Gasteiger partial charge in [0, 0.05) is 11.6 Å². The molecule has 0 aliphatic heterocycles. The van der Waals surface area contributed by atoms with Crippen molar-refractivity contribution in [3.63, 3.8) is 0 Å². The van der Waals surface area contributed by atoms with Gasteiger partial charge < -0.3 is 15.9 Å². The van der Waals surface area contributed by atoms with E-state index in [4.69, 9.17) is 10.8 Å². The summed E-state index contributed by atoms with van der Waals surface area (Å²) >= 11 is 0. The molecule has 3 nitrogen and oxygen atoms in total. The van der Waals surface area contributed by atoms with Gasteiger partial charge >= 0.3 is 0 Å². The van der Waals surface area contributed by atoms with E-state index in [0.717, 1.165) is 0 Å². The Hall–Kier alpha value is -1.22. The highest BCUT2D eigenvalue weighted by molar-refractivity contribution is 5.40. The largest absolute Gasteiger partial charge is 0.508 e. The van der Waals surface area contributed by atoms with Crippen LogP contribution in [-0.2, 0) is 0 Å². The molecule has 1 unspecified atom stereocenters. The molecule has 0 saturated carbocycles. The van der Waals surface area contributed by atoms with E-state index in [0.29, 0.717) is 5.56 Å². The monoisotopic (exact) mass is 153 g/mol. The molecule has 1 rings (SSSR count). The van der Waals surface area contributed by atoms with Crippen LogP contribution in [0.5, 0.6) is 11.5 Å². The topological polar surface area (TPSA) is 66.5 Å². The molecule has 0 saturated heterocycles. The Morgan fingerprint density at radius 1 is 1.36 bits per heavy atom. The van der Waals surface area contributed by atoms with Crippen molar-refractivity contribution < 1.29 is 10.2 Å². The highest BCUT2D eigenvalue weighted by atomic mass is 16.3. The fourth-order valence-electron chi connectivity index (χ4n) is 0.907. The summed E-state index contributed by atoms with van der Waals surface area (Å²) in [6.07, 6.45) is 0. The quantitative estimate of drug-likeness (QED) is 0.529. The first-order valence-electron chi connectivity index (χ1n) is 3.38. The Kier molecular flexibility index (Phi) is 2.01. The average Bonchev–Trinajstić information content (AvgIpc) is 1.94. The summed E-state index contributed by atoms with van der Waals surface area (Å²) in [5.41, 5.74) is 6.07. The maximum atomic E-state index is 9.21. The maximum absolute atomic E-state index is 9.21. The fourth-order valence-corrected chi connectivity index (χ4v) is 0.907. The van der Waals surface area contributed by atoms with Gasteiger partial charge in [-0.3, -0.25) is 0 Å². The molecule has 0 spiro atoms. The lowest BCUT2D eigenvalue weighted by Crippen LogP contribution is -2.04. The number of benzene rings is 1. The molecule has 0 bridgehead atoms. The molecule has 0 aliphatic rings. The third kappa shape index (κ3) is 1.62. The predicted molar refractivity (Wildman–Crippen MR) is 42.4 cm³/mol. The van der Waals surface area contributed by atoms with E-state index in [1.165, 1.54) is 18.2 Å². The van der Waals surface area contributed by atoms with Crippen LogP contribution in [0.2, 0.25) is 0 Å². The maximum Gasteiger partial charge on any atom is 0.120 e. The third-order valence-corrected chi connectivity index (χ3v) is 1.50. The summed E-state index contributed by atoms with van der Waals surface area (Å²) in [5, 5.41) is 18.2. The molecule has 11 heavy (non-hydrogen) atoms. The average molecular weight is 153 g/mol. The van der Waals surface area contributed by atoms with Gasteiger partial charge in [-0.2, -0.15) is 0 Å². The highest BCUT2D eigenvalue weighted by Gasteiger charge is 2.05. The van der Waals surface area contributed by atoms with E-state index in [1.54, 1.807) is 6.92 Å². The number of aromatic hydroxyl groups is 2. The van der Waals surface area contributed by atoms with Gasteiger partial charge in [0.1, 0.15) is 11.5 Å². The molecule has 0 heterocycles. The molecular formula is C8H11NO2. The van der Waals surface area contributed by atoms with Crippen molar-refractivity contribution in [1.29, 1.82) is 0 Å². The lowest BCUT2D eigenvalue weighted by molar-refractivity contribution is 0.450. The minimum absolute atomic E-state index is 0.120. The van der Waals surface area contributed by atoms with Gasteiger partial charge in [0.15, 0.2) is 0 Å². The molecular weight excluding hydrogens is 142 g/mol. The SMILES string of the molecule is CC(N)c1cc(O)ccc1O. The van der Waals surface area contributed by atoms with Gasteiger partial charge in [0.25, 0.3) is 0 Å².